The number of aromatic carboxylic acids is 1. The van der Waals surface area contributed by atoms with Crippen molar-refractivity contribution in [1.29, 1.82) is 0 Å². The molecule has 0 aliphatic rings. The van der Waals surface area contributed by atoms with E-state index in [0.29, 0.717) is 0 Å². The highest BCUT2D eigenvalue weighted by Crippen LogP contribution is 2.26. The predicted molar refractivity (Wildman–Crippen MR) is 99.3 cm³/mol. The Morgan fingerprint density at radius 3 is 2.14 bits per heavy atom. The number of aliphatic hydroxyl groups excluding tert-OH is 5. The molecular formula is C17H20N2O10. The Balaban J connectivity index is 2.11. The topological polar surface area (TPSA) is 217 Å². The van der Waals surface area contributed by atoms with Crippen molar-refractivity contribution in [2.45, 2.75) is 24.4 Å². The normalized spacial score (nSPS) is 15.5. The minimum absolute atomic E-state index is 0.0948. The van der Waals surface area contributed by atoms with Gasteiger partial charge in [0.15, 0.2) is 0 Å². The Kier molecular flexibility index (Phi) is 6.89. The first kappa shape index (κ1) is 22.3. The van der Waals surface area contributed by atoms with Crippen LogP contribution in [0.25, 0.3) is 0 Å². The van der Waals surface area contributed by atoms with Gasteiger partial charge in [0.05, 0.1) is 12.7 Å². The van der Waals surface area contributed by atoms with E-state index in [1.54, 1.807) is 0 Å². The summed E-state index contributed by atoms with van der Waals surface area (Å²) in [5, 5.41) is 70.7. The van der Waals surface area contributed by atoms with Crippen molar-refractivity contribution in [3.05, 3.63) is 44.2 Å². The van der Waals surface area contributed by atoms with Crippen molar-refractivity contribution in [3.8, 4) is 5.75 Å². The van der Waals surface area contributed by atoms with Gasteiger partial charge in [-0.3, -0.25) is 9.59 Å². The second-order valence-electron chi connectivity index (χ2n) is 6.25. The van der Waals surface area contributed by atoms with E-state index in [1.807, 2.05) is 0 Å². The summed E-state index contributed by atoms with van der Waals surface area (Å²) in [5.74, 6) is -1.90. The zero-order valence-corrected chi connectivity index (χ0v) is 14.8. The molecule has 0 heterocycles. The highest BCUT2D eigenvalue weighted by atomic mass is 16.4. The van der Waals surface area contributed by atoms with Gasteiger partial charge in [0, 0.05) is 12.2 Å². The van der Waals surface area contributed by atoms with Crippen LogP contribution in [0.1, 0.15) is 10.4 Å². The first-order valence-corrected chi connectivity index (χ1v) is 8.32. The number of aliphatic hydroxyl groups is 5. The average Bonchev–Trinajstić information content (AvgIpc) is 2.71. The smallest absolute Gasteiger partial charge is 0.339 e. The number of carbonyl (C=O) groups is 1. The minimum Gasteiger partial charge on any atom is -0.507 e. The molecule has 4 atom stereocenters. The van der Waals surface area contributed by atoms with Crippen LogP contribution in [0.3, 0.4) is 0 Å². The first-order valence-electron chi connectivity index (χ1n) is 8.32. The Morgan fingerprint density at radius 2 is 1.55 bits per heavy atom. The molecule has 158 valence electrons. The minimum atomic E-state index is -1.86. The molecule has 9 N–H and O–H groups in total. The number of carboxylic acid groups (broad SMARTS) is 1. The third-order valence-corrected chi connectivity index (χ3v) is 4.22. The van der Waals surface area contributed by atoms with Gasteiger partial charge in [-0.05, 0) is 18.2 Å². The summed E-state index contributed by atoms with van der Waals surface area (Å²) in [4.78, 5) is 34.6. The van der Waals surface area contributed by atoms with E-state index in [2.05, 4.69) is 10.6 Å². The molecule has 0 saturated heterocycles. The molecule has 0 unspecified atom stereocenters. The second kappa shape index (κ2) is 8.98. The average molecular weight is 412 g/mol. The number of phenols is 1. The first-order chi connectivity index (χ1) is 13.6. The zero-order chi connectivity index (χ0) is 21.9. The molecule has 2 aromatic rings. The molecule has 0 spiro atoms. The number of nitrogens with one attached hydrogen (secondary N) is 2. The van der Waals surface area contributed by atoms with Crippen LogP contribution in [0.15, 0.2) is 27.8 Å². The third kappa shape index (κ3) is 4.70. The molecule has 29 heavy (non-hydrogen) atoms. The SMILES string of the molecule is O=C(O)c1cc(Nc2c(NC[C@H](O)[C@@H](O)[C@H](O)[C@H](O)CO)c(=O)c2=O)ccc1O. The van der Waals surface area contributed by atoms with Crippen LogP contribution in [0, 0.1) is 0 Å². The standard InChI is InChI=1S/C17H20N2O10/c20-5-10(23)14(25)13(24)9(22)4-18-11-12(16(27)15(11)26)19-6-1-2-8(21)7(3-6)17(28)29/h1-3,9-10,13-14,18-25H,4-5H2,(H,28,29)/t9-,10+,13+,14+/m0/s1. The maximum absolute atomic E-state index is 11.8. The van der Waals surface area contributed by atoms with Gasteiger partial charge in [0.2, 0.25) is 0 Å². The van der Waals surface area contributed by atoms with Gasteiger partial charge in [0.25, 0.3) is 10.9 Å². The number of benzene rings is 1. The van der Waals surface area contributed by atoms with Crippen LogP contribution in [-0.4, -0.2) is 79.3 Å². The molecule has 2 rings (SSSR count). The van der Waals surface area contributed by atoms with E-state index < -0.39 is 65.7 Å². The maximum atomic E-state index is 11.8. The number of aromatic hydroxyl groups is 1. The van der Waals surface area contributed by atoms with E-state index in [9.17, 15) is 39.9 Å². The van der Waals surface area contributed by atoms with Crippen molar-refractivity contribution in [2.75, 3.05) is 23.8 Å². The fraction of sp³-hybridized carbons (Fsp3) is 0.353. The van der Waals surface area contributed by atoms with Crippen LogP contribution in [0.2, 0.25) is 0 Å². The number of hydrogen-bond donors (Lipinski definition) is 9. The fourth-order valence-corrected chi connectivity index (χ4v) is 2.50. The monoisotopic (exact) mass is 412 g/mol. The van der Waals surface area contributed by atoms with Crippen molar-refractivity contribution in [1.82, 2.24) is 0 Å². The van der Waals surface area contributed by atoms with E-state index in [-0.39, 0.29) is 17.1 Å². The fourth-order valence-electron chi connectivity index (χ4n) is 2.50. The van der Waals surface area contributed by atoms with Crippen LogP contribution in [0.4, 0.5) is 17.1 Å². The summed E-state index contributed by atoms with van der Waals surface area (Å²) in [6, 6.07) is 3.40. The van der Waals surface area contributed by atoms with Gasteiger partial charge in [0.1, 0.15) is 41.0 Å². The van der Waals surface area contributed by atoms with Gasteiger partial charge < -0.3 is 46.4 Å². The molecular weight excluding hydrogens is 392 g/mol. The van der Waals surface area contributed by atoms with Gasteiger partial charge in [-0.15, -0.1) is 0 Å². The van der Waals surface area contributed by atoms with E-state index >= 15 is 0 Å². The lowest BCUT2D eigenvalue weighted by atomic mass is 10.0. The van der Waals surface area contributed by atoms with Crippen LogP contribution in [-0.2, 0) is 0 Å². The van der Waals surface area contributed by atoms with Crippen LogP contribution < -0.4 is 21.5 Å². The van der Waals surface area contributed by atoms with Gasteiger partial charge in [-0.1, -0.05) is 0 Å². The predicted octanol–water partition coefficient (Wildman–Crippen LogP) is -2.72. The Hall–Kier alpha value is -3.03. The summed E-state index contributed by atoms with van der Waals surface area (Å²) >= 11 is 0. The largest absolute Gasteiger partial charge is 0.507 e. The summed E-state index contributed by atoms with van der Waals surface area (Å²) in [5.41, 5.74) is -2.65. The number of anilines is 3. The number of carboxylic acids is 1. The van der Waals surface area contributed by atoms with Gasteiger partial charge in [-0.2, -0.15) is 0 Å². The highest BCUT2D eigenvalue weighted by molar-refractivity contribution is 5.92. The lowest BCUT2D eigenvalue weighted by Gasteiger charge is -2.26. The molecule has 0 amide bonds. The summed E-state index contributed by atoms with van der Waals surface area (Å²) in [6.45, 7) is -1.35. The van der Waals surface area contributed by atoms with Crippen molar-refractivity contribution < 1.29 is 40.5 Å². The van der Waals surface area contributed by atoms with E-state index in [1.165, 1.54) is 6.07 Å². The number of rotatable bonds is 10. The quantitative estimate of drug-likeness (QED) is 0.144. The third-order valence-electron chi connectivity index (χ3n) is 4.22. The molecule has 0 bridgehead atoms. The zero-order valence-electron chi connectivity index (χ0n) is 14.8. The summed E-state index contributed by atoms with van der Waals surface area (Å²) in [7, 11) is 0. The highest BCUT2D eigenvalue weighted by Gasteiger charge is 2.31. The van der Waals surface area contributed by atoms with Crippen molar-refractivity contribution in [3.63, 3.8) is 0 Å². The Morgan fingerprint density at radius 1 is 0.966 bits per heavy atom. The maximum Gasteiger partial charge on any atom is 0.339 e. The molecule has 12 nitrogen and oxygen atoms in total. The number of hydrogen-bond acceptors (Lipinski definition) is 11. The van der Waals surface area contributed by atoms with E-state index in [0.717, 1.165) is 12.1 Å². The van der Waals surface area contributed by atoms with Crippen molar-refractivity contribution in [2.24, 2.45) is 0 Å². The Labute approximate surface area is 162 Å². The lowest BCUT2D eigenvalue weighted by molar-refractivity contribution is -0.111. The van der Waals surface area contributed by atoms with Gasteiger partial charge >= 0.3 is 5.97 Å². The molecule has 0 saturated carbocycles. The van der Waals surface area contributed by atoms with Crippen LogP contribution >= 0.6 is 0 Å². The molecule has 0 radical (unpaired) electrons. The second-order valence-corrected chi connectivity index (χ2v) is 6.25. The molecule has 0 fully saturated rings. The van der Waals surface area contributed by atoms with Crippen LogP contribution in [0.5, 0.6) is 5.75 Å². The molecule has 0 aliphatic carbocycles. The van der Waals surface area contributed by atoms with E-state index in [4.69, 9.17) is 10.2 Å². The summed E-state index contributed by atoms with van der Waals surface area (Å²) < 4.78 is 0. The Bertz CT molecular complexity index is 952. The molecule has 0 aromatic heterocycles. The summed E-state index contributed by atoms with van der Waals surface area (Å²) in [6.07, 6.45) is -7.08. The molecule has 12 heteroatoms. The lowest BCUT2D eigenvalue weighted by Crippen LogP contribution is -2.48. The van der Waals surface area contributed by atoms with Crippen molar-refractivity contribution >= 4 is 23.0 Å². The molecule has 0 aliphatic heterocycles. The molecule has 2 aromatic carbocycles. The van der Waals surface area contributed by atoms with Gasteiger partial charge in [-0.25, -0.2) is 4.79 Å².